The Labute approximate surface area is 125 Å². The molecular weight excluding hydrogens is 272 g/mol. The number of nitrogens with zero attached hydrogens (tertiary/aromatic N) is 2. The summed E-state index contributed by atoms with van der Waals surface area (Å²) in [6, 6.07) is 0.682. The fraction of sp³-hybridized carbons (Fsp3) is 0.733. The van der Waals surface area contributed by atoms with Crippen LogP contribution >= 0.6 is 11.3 Å². The van der Waals surface area contributed by atoms with Gasteiger partial charge in [-0.3, -0.25) is 4.79 Å². The molecule has 0 amide bonds. The van der Waals surface area contributed by atoms with Gasteiger partial charge >= 0.3 is 5.97 Å². The Morgan fingerprint density at radius 2 is 2.30 bits per heavy atom. The highest BCUT2D eigenvalue weighted by Gasteiger charge is 2.31. The van der Waals surface area contributed by atoms with Crippen LogP contribution in [0.1, 0.15) is 45.7 Å². The number of hydrogen-bond acceptors (Lipinski definition) is 5. The fourth-order valence-electron chi connectivity index (χ4n) is 2.17. The maximum absolute atomic E-state index is 11.4. The van der Waals surface area contributed by atoms with Crippen molar-refractivity contribution in [2.45, 2.75) is 52.5 Å². The summed E-state index contributed by atoms with van der Waals surface area (Å²) in [6.07, 6.45) is 3.66. The van der Waals surface area contributed by atoms with E-state index in [9.17, 15) is 4.79 Å². The molecule has 0 N–H and O–H groups in total. The highest BCUT2D eigenvalue weighted by atomic mass is 32.1. The Bertz CT molecular complexity index is 441. The third kappa shape index (κ3) is 4.47. The van der Waals surface area contributed by atoms with E-state index in [0.717, 1.165) is 17.4 Å². The van der Waals surface area contributed by atoms with E-state index in [2.05, 4.69) is 24.1 Å². The van der Waals surface area contributed by atoms with Crippen LogP contribution in [-0.2, 0) is 16.0 Å². The Balaban J connectivity index is 1.91. The molecule has 0 unspecified atom stereocenters. The van der Waals surface area contributed by atoms with Crippen molar-refractivity contribution < 1.29 is 9.53 Å². The third-order valence-corrected chi connectivity index (χ3v) is 4.15. The van der Waals surface area contributed by atoms with Crippen molar-refractivity contribution in [3.63, 3.8) is 0 Å². The maximum atomic E-state index is 11.4. The summed E-state index contributed by atoms with van der Waals surface area (Å²) in [5.41, 5.74) is 1.01. The molecular formula is C15H24N2O2S. The predicted octanol–water partition coefficient (Wildman–Crippen LogP) is 3.26. The van der Waals surface area contributed by atoms with Gasteiger partial charge < -0.3 is 9.64 Å². The Kier molecular flexibility index (Phi) is 5.40. The van der Waals surface area contributed by atoms with Crippen molar-refractivity contribution in [1.82, 2.24) is 4.98 Å². The molecule has 0 radical (unpaired) electrons. The molecule has 0 bridgehead atoms. The van der Waals surface area contributed by atoms with Gasteiger partial charge in [0, 0.05) is 24.4 Å². The Morgan fingerprint density at radius 1 is 1.55 bits per heavy atom. The summed E-state index contributed by atoms with van der Waals surface area (Å²) in [6.45, 7) is 7.83. The van der Waals surface area contributed by atoms with Crippen LogP contribution in [0.15, 0.2) is 5.38 Å². The van der Waals surface area contributed by atoms with Crippen LogP contribution < -0.4 is 4.90 Å². The van der Waals surface area contributed by atoms with Gasteiger partial charge in [0.25, 0.3) is 0 Å². The van der Waals surface area contributed by atoms with Crippen molar-refractivity contribution in [2.24, 2.45) is 5.92 Å². The molecule has 5 heteroatoms. The van der Waals surface area contributed by atoms with Crippen LogP contribution in [0.2, 0.25) is 0 Å². The number of carbonyl (C=O) groups excluding carboxylic acids is 1. The standard InChI is InChI=1S/C15H24N2O2S/c1-4-19-14(18)8-5-12-10-20-15(16-12)17(9-11(2)3)13-6-7-13/h10-11,13H,4-9H2,1-3H3. The molecule has 4 nitrogen and oxygen atoms in total. The number of aryl methyl sites for hydroxylation is 1. The van der Waals surface area contributed by atoms with E-state index in [4.69, 9.17) is 9.72 Å². The highest BCUT2D eigenvalue weighted by molar-refractivity contribution is 7.13. The van der Waals surface area contributed by atoms with Gasteiger partial charge in [-0.2, -0.15) is 0 Å². The molecule has 0 spiro atoms. The normalized spacial score (nSPS) is 14.6. The first kappa shape index (κ1) is 15.3. The van der Waals surface area contributed by atoms with Gasteiger partial charge in [0.1, 0.15) is 0 Å². The first-order valence-electron chi connectivity index (χ1n) is 7.46. The number of ether oxygens (including phenoxy) is 1. The number of thiazole rings is 1. The highest BCUT2D eigenvalue weighted by Crippen LogP contribution is 2.34. The van der Waals surface area contributed by atoms with Crippen molar-refractivity contribution in [3.05, 3.63) is 11.1 Å². The minimum Gasteiger partial charge on any atom is -0.466 e. The lowest BCUT2D eigenvalue weighted by Crippen LogP contribution is -2.29. The zero-order valence-electron chi connectivity index (χ0n) is 12.6. The zero-order valence-corrected chi connectivity index (χ0v) is 13.4. The fourth-order valence-corrected chi connectivity index (χ4v) is 3.11. The van der Waals surface area contributed by atoms with E-state index in [1.807, 2.05) is 6.92 Å². The first-order chi connectivity index (χ1) is 9.60. The quantitative estimate of drug-likeness (QED) is 0.691. The van der Waals surface area contributed by atoms with Gasteiger partial charge in [0.05, 0.1) is 18.7 Å². The molecule has 2 rings (SSSR count). The van der Waals surface area contributed by atoms with Crippen molar-refractivity contribution >= 4 is 22.4 Å². The van der Waals surface area contributed by atoms with Crippen molar-refractivity contribution in [1.29, 1.82) is 0 Å². The SMILES string of the molecule is CCOC(=O)CCc1csc(N(CC(C)C)C2CC2)n1. The largest absolute Gasteiger partial charge is 0.466 e. The van der Waals surface area contributed by atoms with Crippen LogP contribution in [0.5, 0.6) is 0 Å². The first-order valence-corrected chi connectivity index (χ1v) is 8.34. The van der Waals surface area contributed by atoms with Crippen LogP contribution in [0.25, 0.3) is 0 Å². The molecule has 112 valence electrons. The van der Waals surface area contributed by atoms with Crippen LogP contribution in [0.3, 0.4) is 0 Å². The number of anilines is 1. The summed E-state index contributed by atoms with van der Waals surface area (Å²) in [7, 11) is 0. The summed E-state index contributed by atoms with van der Waals surface area (Å²) >= 11 is 1.70. The van der Waals surface area contributed by atoms with E-state index < -0.39 is 0 Å². The topological polar surface area (TPSA) is 42.4 Å². The third-order valence-electron chi connectivity index (χ3n) is 3.23. The Morgan fingerprint density at radius 3 is 2.90 bits per heavy atom. The number of aromatic nitrogens is 1. The Hall–Kier alpha value is -1.10. The minimum atomic E-state index is -0.136. The second-order valence-corrected chi connectivity index (χ2v) is 6.54. The van der Waals surface area contributed by atoms with Crippen molar-refractivity contribution in [3.8, 4) is 0 Å². The van der Waals surface area contributed by atoms with Gasteiger partial charge in [-0.1, -0.05) is 13.8 Å². The van der Waals surface area contributed by atoms with E-state index in [-0.39, 0.29) is 5.97 Å². The molecule has 1 aliphatic carbocycles. The summed E-state index contributed by atoms with van der Waals surface area (Å²) in [5, 5.41) is 3.18. The van der Waals surface area contributed by atoms with Crippen molar-refractivity contribution in [2.75, 3.05) is 18.1 Å². The minimum absolute atomic E-state index is 0.136. The van der Waals surface area contributed by atoms with E-state index in [0.29, 0.717) is 31.4 Å². The maximum Gasteiger partial charge on any atom is 0.306 e. The second kappa shape index (κ2) is 7.07. The van der Waals surface area contributed by atoms with E-state index in [1.54, 1.807) is 11.3 Å². The molecule has 1 aromatic heterocycles. The lowest BCUT2D eigenvalue weighted by molar-refractivity contribution is -0.143. The molecule has 1 fully saturated rings. The summed E-state index contributed by atoms with van der Waals surface area (Å²) in [4.78, 5) is 18.5. The summed E-state index contributed by atoms with van der Waals surface area (Å²) in [5.74, 6) is 0.505. The average Bonchev–Trinajstić information content (AvgIpc) is 3.12. The van der Waals surface area contributed by atoms with Crippen LogP contribution in [-0.4, -0.2) is 30.1 Å². The monoisotopic (exact) mass is 296 g/mol. The number of hydrogen-bond donors (Lipinski definition) is 0. The van der Waals surface area contributed by atoms with Gasteiger partial charge in [-0.15, -0.1) is 11.3 Å². The van der Waals surface area contributed by atoms with Crippen LogP contribution in [0, 0.1) is 5.92 Å². The molecule has 20 heavy (non-hydrogen) atoms. The van der Waals surface area contributed by atoms with Gasteiger partial charge in [0.15, 0.2) is 5.13 Å². The molecule has 0 saturated heterocycles. The van der Waals surface area contributed by atoms with Gasteiger partial charge in [-0.05, 0) is 25.7 Å². The molecule has 0 aromatic carbocycles. The predicted molar refractivity (Wildman–Crippen MR) is 82.3 cm³/mol. The molecule has 0 aliphatic heterocycles. The number of esters is 1. The average molecular weight is 296 g/mol. The lowest BCUT2D eigenvalue weighted by atomic mass is 10.2. The summed E-state index contributed by atoms with van der Waals surface area (Å²) < 4.78 is 4.94. The lowest BCUT2D eigenvalue weighted by Gasteiger charge is -2.23. The molecule has 0 atom stereocenters. The zero-order chi connectivity index (χ0) is 14.5. The van der Waals surface area contributed by atoms with Gasteiger partial charge in [0.2, 0.25) is 0 Å². The van der Waals surface area contributed by atoms with E-state index in [1.165, 1.54) is 12.8 Å². The molecule has 1 aliphatic rings. The smallest absolute Gasteiger partial charge is 0.306 e. The second-order valence-electron chi connectivity index (χ2n) is 5.70. The van der Waals surface area contributed by atoms with Gasteiger partial charge in [-0.25, -0.2) is 4.98 Å². The number of carbonyl (C=O) groups is 1. The van der Waals surface area contributed by atoms with E-state index >= 15 is 0 Å². The molecule has 1 heterocycles. The number of rotatable bonds is 8. The van der Waals surface area contributed by atoms with Crippen LogP contribution in [0.4, 0.5) is 5.13 Å². The molecule has 1 aromatic rings. The molecule has 1 saturated carbocycles.